The Morgan fingerprint density at radius 1 is 0.444 bits per heavy atom. The van der Waals surface area contributed by atoms with Crippen LogP contribution in [0.3, 0.4) is 0 Å². The standard InChI is InChI=1S/C82H58N8/c1-7-25-53(26-8-1)61-44-47-72-68(50-61)69-52-67(56-30-11-3-12-31-56)75-74(66-41-23-24-42-71(66)89(75)63-46-43-54-27-19-20-38-60(54)49-63)76(69)90(72)73-48-45-62(80-84-77(57-32-13-4-14-33-57)83-78(85-80)58-34-15-5-16-35-58)51-70(73)82-87-79(59-36-17-6-18-37-59)86-81(88-82)65-40-22-21-39-64(65)55-28-9-2-10-29-55/h1-17,19-36,38-44,46-52,62,77H,18,37,45H2,(H,83,84,85). The van der Waals surface area contributed by atoms with Gasteiger partial charge in [-0.3, -0.25) is 0 Å². The molecule has 4 heterocycles. The number of aromatic nitrogens is 5. The quantitative estimate of drug-likeness (QED) is 0.140. The minimum Gasteiger partial charge on any atom is -0.344 e. The lowest BCUT2D eigenvalue weighted by Gasteiger charge is -2.28. The summed E-state index contributed by atoms with van der Waals surface area (Å²) in [6.07, 6.45) is 13.2. The predicted molar refractivity (Wildman–Crippen MR) is 372 cm³/mol. The lowest BCUT2D eigenvalue weighted by atomic mass is 9.91. The molecule has 0 spiro atoms. The smallest absolute Gasteiger partial charge is 0.165 e. The summed E-state index contributed by atoms with van der Waals surface area (Å²) in [5, 5.41) is 10.7. The summed E-state index contributed by atoms with van der Waals surface area (Å²) in [4.78, 5) is 27.9. The molecule has 2 unspecified atom stereocenters. The Balaban J connectivity index is 0.987. The van der Waals surface area contributed by atoms with Crippen molar-refractivity contribution in [3.8, 4) is 50.5 Å². The summed E-state index contributed by atoms with van der Waals surface area (Å²) in [7, 11) is 0. The maximum absolute atomic E-state index is 5.74. The van der Waals surface area contributed by atoms with Crippen molar-refractivity contribution in [3.05, 3.63) is 320 Å². The molecule has 1 aliphatic heterocycles. The second-order valence-electron chi connectivity index (χ2n) is 23.4. The molecule has 3 aromatic heterocycles. The minimum atomic E-state index is -0.379. The first-order valence-corrected chi connectivity index (χ1v) is 31.0. The molecule has 3 aliphatic rings. The van der Waals surface area contributed by atoms with Crippen LogP contribution in [0.25, 0.3) is 122 Å². The first-order chi connectivity index (χ1) is 44.6. The molecule has 0 fully saturated rings. The number of hydrogen-bond acceptors (Lipinski definition) is 6. The second kappa shape index (κ2) is 22.3. The fourth-order valence-electron chi connectivity index (χ4n) is 13.7. The van der Waals surface area contributed by atoms with E-state index in [0.29, 0.717) is 23.9 Å². The molecule has 1 N–H and O–H groups in total. The first kappa shape index (κ1) is 52.7. The van der Waals surface area contributed by atoms with Crippen molar-refractivity contribution < 1.29 is 0 Å². The van der Waals surface area contributed by atoms with Crippen molar-refractivity contribution >= 4 is 82.9 Å². The summed E-state index contributed by atoms with van der Waals surface area (Å²) in [5.41, 5.74) is 18.0. The van der Waals surface area contributed by atoms with Crippen LogP contribution in [0.15, 0.2) is 307 Å². The molecule has 0 bridgehead atoms. The fraction of sp³-hybridized carbons (Fsp3) is 0.0610. The molecule has 11 aromatic carbocycles. The third-order valence-electron chi connectivity index (χ3n) is 18.0. The average Bonchev–Trinajstić information content (AvgIpc) is 1.56. The van der Waals surface area contributed by atoms with Gasteiger partial charge in [-0.05, 0) is 105 Å². The number of nitrogens with zero attached hydrogens (tertiary/aromatic N) is 7. The van der Waals surface area contributed by atoms with Gasteiger partial charge in [0.15, 0.2) is 17.5 Å². The highest BCUT2D eigenvalue weighted by Gasteiger charge is 2.33. The summed E-state index contributed by atoms with van der Waals surface area (Å²) in [5.74, 6) is 3.03. The molecule has 0 radical (unpaired) electrons. The molecule has 8 heteroatoms. The van der Waals surface area contributed by atoms with Crippen LogP contribution in [0.5, 0.6) is 0 Å². The fourth-order valence-corrected chi connectivity index (χ4v) is 13.7. The van der Waals surface area contributed by atoms with Crippen LogP contribution in [-0.4, -0.2) is 35.8 Å². The number of rotatable bonds is 11. The lowest BCUT2D eigenvalue weighted by molar-refractivity contribution is 0.659. The Hall–Kier alpha value is -11.6. The van der Waals surface area contributed by atoms with E-state index in [9.17, 15) is 0 Å². The van der Waals surface area contributed by atoms with Crippen molar-refractivity contribution in [2.75, 3.05) is 0 Å². The highest BCUT2D eigenvalue weighted by atomic mass is 15.2. The van der Waals surface area contributed by atoms with Crippen LogP contribution in [0.4, 0.5) is 0 Å². The van der Waals surface area contributed by atoms with E-state index in [1.165, 1.54) is 10.8 Å². The van der Waals surface area contributed by atoms with Gasteiger partial charge in [-0.25, -0.2) is 24.9 Å². The molecule has 426 valence electrons. The molecule has 90 heavy (non-hydrogen) atoms. The zero-order chi connectivity index (χ0) is 59.5. The monoisotopic (exact) mass is 1150 g/mol. The van der Waals surface area contributed by atoms with Crippen molar-refractivity contribution in [2.24, 2.45) is 15.9 Å². The summed E-state index contributed by atoms with van der Waals surface area (Å²) in [6, 6.07) is 95.5. The van der Waals surface area contributed by atoms with E-state index < -0.39 is 0 Å². The molecule has 2 aliphatic carbocycles. The van der Waals surface area contributed by atoms with Gasteiger partial charge in [0, 0.05) is 55.4 Å². The number of nitrogens with one attached hydrogen (secondary N) is 1. The van der Waals surface area contributed by atoms with Gasteiger partial charge in [0.2, 0.25) is 0 Å². The Morgan fingerprint density at radius 2 is 1.08 bits per heavy atom. The number of aliphatic imine (C=N–C) groups is 2. The van der Waals surface area contributed by atoms with Gasteiger partial charge in [-0.1, -0.05) is 261 Å². The molecule has 17 rings (SSSR count). The number of benzene rings is 11. The van der Waals surface area contributed by atoms with Gasteiger partial charge < -0.3 is 14.5 Å². The summed E-state index contributed by atoms with van der Waals surface area (Å²) < 4.78 is 5.04. The SMILES string of the molecule is C1=CCCC(c2nc(C3=CC(C4=NC(c5ccccc5)NC(c5ccccc5)=N4)CC=C3n3c4ccc(-c5ccccc5)cc4c4cc(-c5ccccc5)c5c(c6ccccc6n5-c5ccc6ccccc6c5)c43)nc(-c3ccccc3-c3ccccc3)n2)=C1. The van der Waals surface area contributed by atoms with E-state index in [2.05, 4.69) is 306 Å². The van der Waals surface area contributed by atoms with E-state index in [0.717, 1.165) is 141 Å². The minimum absolute atomic E-state index is 0.287. The molecule has 0 saturated carbocycles. The highest BCUT2D eigenvalue weighted by Crippen LogP contribution is 2.50. The van der Waals surface area contributed by atoms with Crippen LogP contribution < -0.4 is 5.32 Å². The van der Waals surface area contributed by atoms with Crippen molar-refractivity contribution in [3.63, 3.8) is 0 Å². The van der Waals surface area contributed by atoms with Gasteiger partial charge in [0.05, 0.1) is 27.8 Å². The third kappa shape index (κ3) is 9.27. The molecular weight excluding hydrogens is 1100 g/mol. The van der Waals surface area contributed by atoms with Gasteiger partial charge in [0.1, 0.15) is 17.8 Å². The maximum Gasteiger partial charge on any atom is 0.165 e. The number of para-hydroxylation sites is 1. The number of allylic oxidation sites excluding steroid dienone is 7. The molecular formula is C82H58N8. The molecule has 2 atom stereocenters. The number of fused-ring (bicyclic) bond motifs is 8. The Kier molecular flexibility index (Phi) is 13.0. The zero-order valence-electron chi connectivity index (χ0n) is 49.2. The predicted octanol–water partition coefficient (Wildman–Crippen LogP) is 19.7. The van der Waals surface area contributed by atoms with Crippen LogP contribution >= 0.6 is 0 Å². The van der Waals surface area contributed by atoms with E-state index in [-0.39, 0.29) is 12.1 Å². The molecule has 0 saturated heterocycles. The van der Waals surface area contributed by atoms with Crippen LogP contribution in [0.1, 0.15) is 48.2 Å². The van der Waals surface area contributed by atoms with E-state index in [1.54, 1.807) is 0 Å². The van der Waals surface area contributed by atoms with Crippen molar-refractivity contribution in [1.82, 2.24) is 29.4 Å². The maximum atomic E-state index is 5.74. The van der Waals surface area contributed by atoms with Crippen molar-refractivity contribution in [1.29, 1.82) is 0 Å². The Morgan fingerprint density at radius 3 is 1.83 bits per heavy atom. The van der Waals surface area contributed by atoms with E-state index in [1.807, 2.05) is 6.07 Å². The Bertz CT molecular complexity index is 5340. The highest BCUT2D eigenvalue weighted by molar-refractivity contribution is 6.31. The van der Waals surface area contributed by atoms with Gasteiger partial charge >= 0.3 is 0 Å². The van der Waals surface area contributed by atoms with Gasteiger partial charge in [-0.15, -0.1) is 0 Å². The van der Waals surface area contributed by atoms with Gasteiger partial charge in [0.25, 0.3) is 0 Å². The topological polar surface area (TPSA) is 85.3 Å². The van der Waals surface area contributed by atoms with Crippen LogP contribution in [0.2, 0.25) is 0 Å². The molecule has 8 nitrogen and oxygen atoms in total. The zero-order valence-corrected chi connectivity index (χ0v) is 49.2. The van der Waals surface area contributed by atoms with Crippen LogP contribution in [0, 0.1) is 5.92 Å². The summed E-state index contributed by atoms with van der Waals surface area (Å²) in [6.45, 7) is 0. The first-order valence-electron chi connectivity index (χ1n) is 31.0. The normalized spacial score (nSPS) is 15.8. The van der Waals surface area contributed by atoms with E-state index in [4.69, 9.17) is 24.9 Å². The number of amidine groups is 2. The third-order valence-corrected chi connectivity index (χ3v) is 18.0. The molecule has 14 aromatic rings. The number of hydrogen-bond donors (Lipinski definition) is 1. The van der Waals surface area contributed by atoms with Crippen LogP contribution in [-0.2, 0) is 0 Å². The average molecular weight is 1160 g/mol. The largest absolute Gasteiger partial charge is 0.344 e. The lowest BCUT2D eigenvalue weighted by Crippen LogP contribution is -2.35. The molecule has 0 amide bonds. The van der Waals surface area contributed by atoms with Gasteiger partial charge in [-0.2, -0.15) is 0 Å². The Labute approximate surface area is 521 Å². The van der Waals surface area contributed by atoms with E-state index >= 15 is 0 Å². The van der Waals surface area contributed by atoms with Crippen molar-refractivity contribution in [2.45, 2.75) is 25.4 Å². The summed E-state index contributed by atoms with van der Waals surface area (Å²) >= 11 is 0. The second-order valence-corrected chi connectivity index (χ2v) is 23.4.